The van der Waals surface area contributed by atoms with Gasteiger partial charge in [0.2, 0.25) is 11.8 Å². The van der Waals surface area contributed by atoms with E-state index in [0.717, 1.165) is 11.3 Å². The smallest absolute Gasteiger partial charge is 0.234 e. The van der Waals surface area contributed by atoms with Gasteiger partial charge in [0.1, 0.15) is 0 Å². The van der Waals surface area contributed by atoms with Gasteiger partial charge in [-0.1, -0.05) is 23.7 Å². The summed E-state index contributed by atoms with van der Waals surface area (Å²) in [6.45, 7) is 0.980. The van der Waals surface area contributed by atoms with Crippen LogP contribution in [0.3, 0.4) is 0 Å². The van der Waals surface area contributed by atoms with Gasteiger partial charge in [0.25, 0.3) is 0 Å². The Morgan fingerprint density at radius 1 is 1.30 bits per heavy atom. The molecule has 9 heteroatoms. The molecule has 3 atom stereocenters. The molecule has 2 aromatic rings. The van der Waals surface area contributed by atoms with E-state index in [0.29, 0.717) is 48.9 Å². The highest BCUT2D eigenvalue weighted by Gasteiger charge is 2.44. The molecule has 158 valence electrons. The van der Waals surface area contributed by atoms with Crippen molar-refractivity contribution in [3.8, 4) is 0 Å². The molecule has 0 bridgehead atoms. The first-order valence-electron chi connectivity index (χ1n) is 10.1. The van der Waals surface area contributed by atoms with E-state index >= 15 is 0 Å². The number of carbonyl (C=O) groups is 2. The predicted octanol–water partition coefficient (Wildman–Crippen LogP) is 2.42. The first-order valence-corrected chi connectivity index (χ1v) is 10.9. The minimum Gasteiger partial charge on any atom is -0.359 e. The van der Waals surface area contributed by atoms with E-state index in [1.54, 1.807) is 29.6 Å². The molecule has 2 fully saturated rings. The fraction of sp³-hybridized carbons (Fsp3) is 0.429. The minimum atomic E-state index is -0.155. The van der Waals surface area contributed by atoms with Crippen molar-refractivity contribution >= 4 is 40.7 Å². The minimum absolute atomic E-state index is 0.0386. The molecular formula is C21H24ClN5O2S. The average Bonchev–Trinajstić information content (AvgIpc) is 3.25. The van der Waals surface area contributed by atoms with Crippen LogP contribution in [0.25, 0.3) is 0 Å². The zero-order valence-corrected chi connectivity index (χ0v) is 18.0. The number of nitrogens with one attached hydrogen (secondary N) is 3. The topological polar surface area (TPSA) is 90.1 Å². The highest BCUT2D eigenvalue weighted by Crippen LogP contribution is 2.33. The lowest BCUT2D eigenvalue weighted by atomic mass is 9.76. The Morgan fingerprint density at radius 3 is 2.83 bits per heavy atom. The van der Waals surface area contributed by atoms with Crippen molar-refractivity contribution in [2.45, 2.75) is 38.3 Å². The van der Waals surface area contributed by atoms with Crippen LogP contribution in [0.1, 0.15) is 30.5 Å². The maximum atomic E-state index is 13.1. The van der Waals surface area contributed by atoms with Gasteiger partial charge in [0.15, 0.2) is 5.11 Å². The molecule has 2 amide bonds. The molecule has 1 aromatic carbocycles. The fourth-order valence-electron chi connectivity index (χ4n) is 4.21. The van der Waals surface area contributed by atoms with Crippen LogP contribution in [0, 0.1) is 11.8 Å². The molecule has 3 unspecified atom stereocenters. The number of benzene rings is 1. The number of aromatic amines is 1. The number of imidazole rings is 1. The fourth-order valence-corrected chi connectivity index (χ4v) is 4.64. The van der Waals surface area contributed by atoms with Crippen LogP contribution in [0.15, 0.2) is 36.8 Å². The van der Waals surface area contributed by atoms with Crippen molar-refractivity contribution in [1.29, 1.82) is 0 Å². The van der Waals surface area contributed by atoms with Gasteiger partial charge in [-0.15, -0.1) is 0 Å². The average molecular weight is 446 g/mol. The van der Waals surface area contributed by atoms with Gasteiger partial charge in [-0.2, -0.15) is 0 Å². The van der Waals surface area contributed by atoms with Crippen LogP contribution in [-0.4, -0.2) is 44.4 Å². The van der Waals surface area contributed by atoms with Crippen LogP contribution in [0.2, 0.25) is 5.02 Å². The summed E-state index contributed by atoms with van der Waals surface area (Å²) in [5, 5.41) is 7.40. The molecule has 0 radical (unpaired) electrons. The SMILES string of the molecule is O=C(NCCc1cnc[nH]1)C1CCC2C(=O)N(Cc3ccc(Cl)cc3)C(=S)NC2C1. The number of hydrogen-bond donors (Lipinski definition) is 3. The van der Waals surface area contributed by atoms with E-state index in [1.165, 1.54) is 0 Å². The number of carbonyl (C=O) groups excluding carboxylic acids is 2. The molecule has 1 aliphatic carbocycles. The summed E-state index contributed by atoms with van der Waals surface area (Å²) in [6.07, 6.45) is 6.09. The summed E-state index contributed by atoms with van der Waals surface area (Å²) in [5.74, 6) is -0.189. The summed E-state index contributed by atoms with van der Waals surface area (Å²) in [7, 11) is 0. The van der Waals surface area contributed by atoms with E-state index in [-0.39, 0.29) is 29.7 Å². The van der Waals surface area contributed by atoms with Crippen LogP contribution in [0.4, 0.5) is 0 Å². The summed E-state index contributed by atoms with van der Waals surface area (Å²) in [6, 6.07) is 7.31. The molecule has 1 aromatic heterocycles. The highest BCUT2D eigenvalue weighted by atomic mass is 35.5. The number of nitrogens with zero attached hydrogens (tertiary/aromatic N) is 2. The number of hydrogen-bond acceptors (Lipinski definition) is 4. The van der Waals surface area contributed by atoms with Gasteiger partial charge in [-0.3, -0.25) is 14.5 Å². The first-order chi connectivity index (χ1) is 14.5. The third-order valence-corrected chi connectivity index (χ3v) is 6.45. The summed E-state index contributed by atoms with van der Waals surface area (Å²) < 4.78 is 0. The van der Waals surface area contributed by atoms with Gasteiger partial charge in [-0.05, 0) is 49.2 Å². The first kappa shape index (κ1) is 20.8. The maximum Gasteiger partial charge on any atom is 0.234 e. The standard InChI is InChI=1S/C21H24ClN5O2S/c22-15-4-1-13(2-5-15)11-27-20(29)17-6-3-14(9-18(17)26-21(27)30)19(28)24-8-7-16-10-23-12-25-16/h1-2,4-5,10,12,14,17-18H,3,6-9,11H2,(H,23,25)(H,24,28)(H,26,30). The molecule has 0 spiro atoms. The van der Waals surface area contributed by atoms with E-state index in [9.17, 15) is 9.59 Å². The molecule has 30 heavy (non-hydrogen) atoms. The van der Waals surface area contributed by atoms with Crippen molar-refractivity contribution < 1.29 is 9.59 Å². The largest absolute Gasteiger partial charge is 0.359 e. The molecule has 1 saturated carbocycles. The van der Waals surface area contributed by atoms with Gasteiger partial charge < -0.3 is 15.6 Å². The Labute approximate surface area is 185 Å². The number of thiocarbonyl (C=S) groups is 1. The van der Waals surface area contributed by atoms with Crippen molar-refractivity contribution in [2.24, 2.45) is 11.8 Å². The van der Waals surface area contributed by atoms with Crippen LogP contribution >= 0.6 is 23.8 Å². The maximum absolute atomic E-state index is 13.1. The molecule has 4 rings (SSSR count). The quantitative estimate of drug-likeness (QED) is 0.594. The van der Waals surface area contributed by atoms with Gasteiger partial charge in [0, 0.05) is 41.8 Å². The van der Waals surface area contributed by atoms with Crippen LogP contribution in [-0.2, 0) is 22.6 Å². The molecular weight excluding hydrogens is 422 g/mol. The Kier molecular flexibility index (Phi) is 6.34. The number of halogens is 1. The number of amides is 2. The number of fused-ring (bicyclic) bond motifs is 1. The van der Waals surface area contributed by atoms with E-state index in [1.807, 2.05) is 12.1 Å². The monoisotopic (exact) mass is 445 g/mol. The Hall–Kier alpha value is -2.45. The summed E-state index contributed by atoms with van der Waals surface area (Å²) in [4.78, 5) is 34.3. The van der Waals surface area contributed by atoms with E-state index < -0.39 is 0 Å². The lowest BCUT2D eigenvalue weighted by molar-refractivity contribution is -0.138. The molecule has 7 nitrogen and oxygen atoms in total. The van der Waals surface area contributed by atoms with Crippen LogP contribution in [0.5, 0.6) is 0 Å². The van der Waals surface area contributed by atoms with Crippen molar-refractivity contribution in [1.82, 2.24) is 25.5 Å². The Morgan fingerprint density at radius 2 is 2.10 bits per heavy atom. The second kappa shape index (κ2) is 9.14. The lowest BCUT2D eigenvalue weighted by Gasteiger charge is -2.43. The normalized spacial score (nSPS) is 23.6. The number of H-pyrrole nitrogens is 1. The third kappa shape index (κ3) is 4.65. The Bertz CT molecular complexity index is 918. The van der Waals surface area contributed by atoms with E-state index in [4.69, 9.17) is 23.8 Å². The second-order valence-corrected chi connectivity index (χ2v) is 8.66. The van der Waals surface area contributed by atoms with Gasteiger partial charge >= 0.3 is 0 Å². The van der Waals surface area contributed by atoms with Gasteiger partial charge in [-0.25, -0.2) is 4.98 Å². The van der Waals surface area contributed by atoms with Crippen molar-refractivity contribution in [2.75, 3.05) is 6.54 Å². The molecule has 3 N–H and O–H groups in total. The van der Waals surface area contributed by atoms with Crippen molar-refractivity contribution in [3.05, 3.63) is 53.1 Å². The number of rotatable bonds is 6. The highest BCUT2D eigenvalue weighted by molar-refractivity contribution is 7.80. The molecule has 1 saturated heterocycles. The molecule has 2 aliphatic rings. The zero-order valence-electron chi connectivity index (χ0n) is 16.4. The van der Waals surface area contributed by atoms with Crippen molar-refractivity contribution in [3.63, 3.8) is 0 Å². The number of aromatic nitrogens is 2. The lowest BCUT2D eigenvalue weighted by Crippen LogP contribution is -2.61. The molecule has 2 heterocycles. The second-order valence-electron chi connectivity index (χ2n) is 7.84. The van der Waals surface area contributed by atoms with Gasteiger partial charge in [0.05, 0.1) is 18.8 Å². The van der Waals surface area contributed by atoms with E-state index in [2.05, 4.69) is 20.6 Å². The third-order valence-electron chi connectivity index (χ3n) is 5.86. The van der Waals surface area contributed by atoms with Crippen LogP contribution < -0.4 is 10.6 Å². The Balaban J connectivity index is 1.32. The predicted molar refractivity (Wildman–Crippen MR) is 118 cm³/mol. The zero-order chi connectivity index (χ0) is 21.1. The summed E-state index contributed by atoms with van der Waals surface area (Å²) >= 11 is 11.4. The summed E-state index contributed by atoms with van der Waals surface area (Å²) in [5.41, 5.74) is 1.96. The molecule has 1 aliphatic heterocycles.